The Morgan fingerprint density at radius 1 is 0.917 bits per heavy atom. The molecular formula is C21H20N2O. The average molecular weight is 316 g/mol. The summed E-state index contributed by atoms with van der Waals surface area (Å²) < 4.78 is 0. The van der Waals surface area contributed by atoms with Crippen LogP contribution in [0.4, 0.5) is 5.69 Å². The number of carbonyl (C=O) groups excluding carboxylic acids is 1. The second-order valence-corrected chi connectivity index (χ2v) is 6.00. The second kappa shape index (κ2) is 7.09. The average Bonchev–Trinajstić information content (AvgIpc) is 2.59. The number of amides is 1. The van der Waals surface area contributed by atoms with Crippen molar-refractivity contribution >= 4 is 11.6 Å². The minimum absolute atomic E-state index is 0.0712. The van der Waals surface area contributed by atoms with Gasteiger partial charge in [0, 0.05) is 23.6 Å². The predicted molar refractivity (Wildman–Crippen MR) is 97.4 cm³/mol. The highest BCUT2D eigenvalue weighted by molar-refractivity contribution is 6.05. The van der Waals surface area contributed by atoms with E-state index >= 15 is 0 Å². The molecule has 1 amide bonds. The maximum atomic E-state index is 12.4. The highest BCUT2D eigenvalue weighted by Crippen LogP contribution is 2.16. The molecule has 0 fully saturated rings. The number of aryl methyl sites for hydroxylation is 2. The van der Waals surface area contributed by atoms with Gasteiger partial charge in [0.2, 0.25) is 0 Å². The third kappa shape index (κ3) is 3.87. The molecule has 120 valence electrons. The minimum Gasteiger partial charge on any atom is -0.322 e. The van der Waals surface area contributed by atoms with Gasteiger partial charge in [-0.2, -0.15) is 0 Å². The number of aromatic nitrogens is 1. The van der Waals surface area contributed by atoms with Crippen molar-refractivity contribution in [2.75, 3.05) is 5.32 Å². The van der Waals surface area contributed by atoms with Gasteiger partial charge >= 0.3 is 0 Å². The lowest BCUT2D eigenvalue weighted by atomic mass is 10.0. The van der Waals surface area contributed by atoms with E-state index < -0.39 is 0 Å². The lowest BCUT2D eigenvalue weighted by molar-refractivity contribution is 0.102. The molecular weight excluding hydrogens is 296 g/mol. The van der Waals surface area contributed by atoms with Gasteiger partial charge in [-0.05, 0) is 67.3 Å². The van der Waals surface area contributed by atoms with Gasteiger partial charge in [0.25, 0.3) is 5.91 Å². The molecule has 1 N–H and O–H groups in total. The van der Waals surface area contributed by atoms with Crippen LogP contribution in [0.2, 0.25) is 0 Å². The van der Waals surface area contributed by atoms with Crippen molar-refractivity contribution in [3.05, 3.63) is 94.8 Å². The van der Waals surface area contributed by atoms with E-state index in [0.29, 0.717) is 0 Å². The number of benzene rings is 2. The van der Waals surface area contributed by atoms with Crippen LogP contribution in [0.1, 0.15) is 32.6 Å². The Kier molecular flexibility index (Phi) is 4.71. The van der Waals surface area contributed by atoms with E-state index in [2.05, 4.69) is 10.3 Å². The summed E-state index contributed by atoms with van der Waals surface area (Å²) in [6.45, 7) is 3.94. The molecule has 3 aromatic rings. The first-order chi connectivity index (χ1) is 11.6. The van der Waals surface area contributed by atoms with Gasteiger partial charge in [0.1, 0.15) is 0 Å². The van der Waals surface area contributed by atoms with Gasteiger partial charge in [-0.1, -0.05) is 29.8 Å². The van der Waals surface area contributed by atoms with Gasteiger partial charge in [-0.3, -0.25) is 9.78 Å². The monoisotopic (exact) mass is 316 g/mol. The molecule has 1 heterocycles. The van der Waals surface area contributed by atoms with Crippen LogP contribution < -0.4 is 5.32 Å². The number of nitrogens with one attached hydrogen (secondary N) is 1. The van der Waals surface area contributed by atoms with Crippen LogP contribution in [0.15, 0.2) is 67.0 Å². The van der Waals surface area contributed by atoms with Crippen molar-refractivity contribution in [3.63, 3.8) is 0 Å². The second-order valence-electron chi connectivity index (χ2n) is 6.00. The quantitative estimate of drug-likeness (QED) is 0.767. The fourth-order valence-corrected chi connectivity index (χ4v) is 2.62. The van der Waals surface area contributed by atoms with Gasteiger partial charge in [-0.15, -0.1) is 0 Å². The number of carbonyl (C=O) groups is 1. The molecule has 3 heteroatoms. The van der Waals surface area contributed by atoms with Crippen LogP contribution in [-0.2, 0) is 6.42 Å². The fourth-order valence-electron chi connectivity index (χ4n) is 2.62. The number of rotatable bonds is 4. The molecule has 0 aliphatic rings. The molecule has 0 radical (unpaired) electrons. The van der Waals surface area contributed by atoms with E-state index in [1.807, 2.05) is 68.4 Å². The maximum absolute atomic E-state index is 12.4. The van der Waals surface area contributed by atoms with Crippen molar-refractivity contribution in [2.24, 2.45) is 0 Å². The Labute approximate surface area is 142 Å². The zero-order valence-electron chi connectivity index (χ0n) is 13.9. The van der Waals surface area contributed by atoms with Gasteiger partial charge in [-0.25, -0.2) is 0 Å². The summed E-state index contributed by atoms with van der Waals surface area (Å²) >= 11 is 0. The minimum atomic E-state index is -0.0712. The molecule has 0 aliphatic heterocycles. The normalized spacial score (nSPS) is 10.4. The highest BCUT2D eigenvalue weighted by Gasteiger charge is 2.09. The molecule has 2 aromatic carbocycles. The highest BCUT2D eigenvalue weighted by atomic mass is 16.1. The Balaban J connectivity index is 1.70. The van der Waals surface area contributed by atoms with E-state index in [-0.39, 0.29) is 5.91 Å². The first kappa shape index (κ1) is 15.9. The maximum Gasteiger partial charge on any atom is 0.255 e. The van der Waals surface area contributed by atoms with E-state index in [4.69, 9.17) is 0 Å². The first-order valence-electron chi connectivity index (χ1n) is 7.98. The molecule has 1 aromatic heterocycles. The Hall–Kier alpha value is -2.94. The Morgan fingerprint density at radius 2 is 1.58 bits per heavy atom. The molecule has 0 bridgehead atoms. The standard InChI is InChI=1S/C21H20N2O/c1-15-3-4-16(2)20(13-15)21(24)23-19-7-5-17(6-8-19)14-18-9-11-22-12-10-18/h3-13H,14H2,1-2H3,(H,23,24). The van der Waals surface area contributed by atoms with Gasteiger partial charge in [0.15, 0.2) is 0 Å². The largest absolute Gasteiger partial charge is 0.322 e. The number of nitrogens with zero attached hydrogens (tertiary/aromatic N) is 1. The van der Waals surface area contributed by atoms with E-state index in [0.717, 1.165) is 28.8 Å². The third-order valence-electron chi connectivity index (χ3n) is 4.01. The summed E-state index contributed by atoms with van der Waals surface area (Å²) in [5.74, 6) is -0.0712. The van der Waals surface area contributed by atoms with Crippen molar-refractivity contribution in [3.8, 4) is 0 Å². The van der Waals surface area contributed by atoms with Crippen LogP contribution in [0, 0.1) is 13.8 Å². The van der Waals surface area contributed by atoms with E-state index in [1.165, 1.54) is 11.1 Å². The predicted octanol–water partition coefficient (Wildman–Crippen LogP) is 4.54. The topological polar surface area (TPSA) is 42.0 Å². The summed E-state index contributed by atoms with van der Waals surface area (Å²) in [4.78, 5) is 16.5. The number of hydrogen-bond acceptors (Lipinski definition) is 2. The van der Waals surface area contributed by atoms with Crippen LogP contribution >= 0.6 is 0 Å². The lowest BCUT2D eigenvalue weighted by Gasteiger charge is -2.09. The van der Waals surface area contributed by atoms with Crippen molar-refractivity contribution in [1.29, 1.82) is 0 Å². The summed E-state index contributed by atoms with van der Waals surface area (Å²) in [7, 11) is 0. The summed E-state index contributed by atoms with van der Waals surface area (Å²) in [5.41, 5.74) is 6.00. The zero-order valence-corrected chi connectivity index (χ0v) is 13.9. The van der Waals surface area contributed by atoms with Crippen molar-refractivity contribution in [2.45, 2.75) is 20.3 Å². The SMILES string of the molecule is Cc1ccc(C)c(C(=O)Nc2ccc(Cc3ccncc3)cc2)c1. The van der Waals surface area contributed by atoms with Crippen LogP contribution in [0.25, 0.3) is 0 Å². The molecule has 0 saturated heterocycles. The molecule has 0 spiro atoms. The molecule has 3 nitrogen and oxygen atoms in total. The van der Waals surface area contributed by atoms with Gasteiger partial charge < -0.3 is 5.32 Å². The number of anilines is 1. The number of hydrogen-bond donors (Lipinski definition) is 1. The molecule has 0 unspecified atom stereocenters. The molecule has 0 aliphatic carbocycles. The van der Waals surface area contributed by atoms with Crippen LogP contribution in [0.3, 0.4) is 0 Å². The van der Waals surface area contributed by atoms with Crippen LogP contribution in [0.5, 0.6) is 0 Å². The summed E-state index contributed by atoms with van der Waals surface area (Å²) in [5, 5.41) is 2.97. The third-order valence-corrected chi connectivity index (χ3v) is 4.01. The van der Waals surface area contributed by atoms with Crippen LogP contribution in [-0.4, -0.2) is 10.9 Å². The molecule has 0 atom stereocenters. The van der Waals surface area contributed by atoms with E-state index in [9.17, 15) is 4.79 Å². The van der Waals surface area contributed by atoms with Crippen molar-refractivity contribution in [1.82, 2.24) is 4.98 Å². The molecule has 0 saturated carbocycles. The summed E-state index contributed by atoms with van der Waals surface area (Å²) in [6, 6.07) is 17.9. The molecule has 3 rings (SSSR count). The smallest absolute Gasteiger partial charge is 0.255 e. The first-order valence-corrected chi connectivity index (χ1v) is 7.98. The zero-order chi connectivity index (χ0) is 16.9. The Morgan fingerprint density at radius 3 is 2.29 bits per heavy atom. The number of pyridine rings is 1. The molecule has 24 heavy (non-hydrogen) atoms. The lowest BCUT2D eigenvalue weighted by Crippen LogP contribution is -2.13. The van der Waals surface area contributed by atoms with Gasteiger partial charge in [0.05, 0.1) is 0 Å². The van der Waals surface area contributed by atoms with E-state index in [1.54, 1.807) is 12.4 Å². The van der Waals surface area contributed by atoms with Crippen molar-refractivity contribution < 1.29 is 4.79 Å². The Bertz CT molecular complexity index is 839. The summed E-state index contributed by atoms with van der Waals surface area (Å²) in [6.07, 6.45) is 4.45. The fraction of sp³-hybridized carbons (Fsp3) is 0.143.